The molecule has 0 bridgehead atoms. The van der Waals surface area contributed by atoms with E-state index in [0.717, 1.165) is 59.4 Å². The Morgan fingerprint density at radius 3 is 2.67 bits per heavy atom. The van der Waals surface area contributed by atoms with Crippen LogP contribution in [0.4, 0.5) is 0 Å². The van der Waals surface area contributed by atoms with Crippen molar-refractivity contribution in [2.45, 2.75) is 19.5 Å². The van der Waals surface area contributed by atoms with Gasteiger partial charge in [0, 0.05) is 72.6 Å². The molecular weight excluding hydrogens is 394 g/mol. The van der Waals surface area contributed by atoms with Crippen molar-refractivity contribution in [3.63, 3.8) is 0 Å². The molecule has 6 heteroatoms. The monoisotopic (exact) mass is 413 g/mol. The van der Waals surface area contributed by atoms with Gasteiger partial charge in [0.15, 0.2) is 5.82 Å². The van der Waals surface area contributed by atoms with Crippen LogP contribution in [0, 0.1) is 0 Å². The predicted molar refractivity (Wildman–Crippen MR) is 118 cm³/mol. The van der Waals surface area contributed by atoms with Gasteiger partial charge in [-0.1, -0.05) is 29.8 Å². The number of fused-ring (bicyclic) bond motifs is 1. The highest BCUT2D eigenvalue weighted by Crippen LogP contribution is 2.23. The van der Waals surface area contributed by atoms with E-state index in [1.54, 1.807) is 12.4 Å². The van der Waals surface area contributed by atoms with Crippen LogP contribution in [0.25, 0.3) is 22.6 Å². The summed E-state index contributed by atoms with van der Waals surface area (Å²) in [7, 11) is 0. The van der Waals surface area contributed by atoms with Gasteiger partial charge in [-0.05, 0) is 35.9 Å². The van der Waals surface area contributed by atoms with Crippen LogP contribution in [0.1, 0.15) is 16.8 Å². The third kappa shape index (κ3) is 4.08. The smallest absolute Gasteiger partial charge is 0.160 e. The SMILES string of the molecule is Clc1cccc(-c2ccc(CN3CCc4nc(-c5cccnc5)ncc4C3)cn2)c1. The zero-order valence-electron chi connectivity index (χ0n) is 16.4. The molecule has 1 aromatic carbocycles. The van der Waals surface area contributed by atoms with Gasteiger partial charge in [0.2, 0.25) is 0 Å². The van der Waals surface area contributed by atoms with E-state index in [0.29, 0.717) is 0 Å². The average molecular weight is 414 g/mol. The van der Waals surface area contributed by atoms with Crippen molar-refractivity contribution >= 4 is 11.6 Å². The molecule has 5 rings (SSSR count). The fourth-order valence-electron chi connectivity index (χ4n) is 3.74. The lowest BCUT2D eigenvalue weighted by molar-refractivity contribution is 0.242. The highest BCUT2D eigenvalue weighted by atomic mass is 35.5. The molecule has 0 amide bonds. The van der Waals surface area contributed by atoms with E-state index in [9.17, 15) is 0 Å². The van der Waals surface area contributed by atoms with E-state index < -0.39 is 0 Å². The van der Waals surface area contributed by atoms with E-state index in [1.165, 1.54) is 11.1 Å². The standard InChI is InChI=1S/C24H20ClN5/c25-21-5-1-3-18(11-21)22-7-6-17(12-27-22)15-30-10-8-23-20(16-30)14-28-24(29-23)19-4-2-9-26-13-19/h1-7,9,11-14H,8,10,15-16H2. The van der Waals surface area contributed by atoms with Gasteiger partial charge in [0.25, 0.3) is 0 Å². The van der Waals surface area contributed by atoms with Gasteiger partial charge in [0.1, 0.15) is 0 Å². The lowest BCUT2D eigenvalue weighted by Gasteiger charge is -2.28. The minimum absolute atomic E-state index is 0.722. The maximum Gasteiger partial charge on any atom is 0.160 e. The molecule has 1 aliphatic rings. The summed E-state index contributed by atoms with van der Waals surface area (Å²) in [4.78, 5) is 20.5. The molecule has 0 unspecified atom stereocenters. The van der Waals surface area contributed by atoms with Gasteiger partial charge in [0.05, 0.1) is 11.4 Å². The van der Waals surface area contributed by atoms with Crippen molar-refractivity contribution in [3.8, 4) is 22.6 Å². The Hall–Kier alpha value is -3.15. The second kappa shape index (κ2) is 8.30. The Labute approximate surface area is 180 Å². The molecule has 0 fully saturated rings. The highest BCUT2D eigenvalue weighted by Gasteiger charge is 2.19. The first kappa shape index (κ1) is 18.9. The number of nitrogens with zero attached hydrogens (tertiary/aromatic N) is 5. The molecular formula is C24H20ClN5. The van der Waals surface area contributed by atoms with Crippen LogP contribution in [-0.4, -0.2) is 31.4 Å². The first-order valence-corrected chi connectivity index (χ1v) is 10.3. The van der Waals surface area contributed by atoms with E-state index >= 15 is 0 Å². The van der Waals surface area contributed by atoms with Crippen LogP contribution in [0.5, 0.6) is 0 Å². The van der Waals surface area contributed by atoms with Gasteiger partial charge in [-0.3, -0.25) is 14.9 Å². The van der Waals surface area contributed by atoms with Crippen LogP contribution < -0.4 is 0 Å². The molecule has 0 spiro atoms. The summed E-state index contributed by atoms with van der Waals surface area (Å²) in [6, 6.07) is 15.9. The minimum Gasteiger partial charge on any atom is -0.294 e. The fourth-order valence-corrected chi connectivity index (χ4v) is 3.93. The third-order valence-corrected chi connectivity index (χ3v) is 5.52. The van der Waals surface area contributed by atoms with Crippen molar-refractivity contribution in [2.24, 2.45) is 0 Å². The number of hydrogen-bond acceptors (Lipinski definition) is 5. The summed E-state index contributed by atoms with van der Waals surface area (Å²) in [5.74, 6) is 0.746. The van der Waals surface area contributed by atoms with Crippen LogP contribution in [0.3, 0.4) is 0 Å². The van der Waals surface area contributed by atoms with Crippen LogP contribution in [-0.2, 0) is 19.5 Å². The van der Waals surface area contributed by atoms with Crippen molar-refractivity contribution in [2.75, 3.05) is 6.54 Å². The van der Waals surface area contributed by atoms with Gasteiger partial charge in [-0.2, -0.15) is 0 Å². The zero-order valence-corrected chi connectivity index (χ0v) is 17.1. The number of hydrogen-bond donors (Lipinski definition) is 0. The summed E-state index contributed by atoms with van der Waals surface area (Å²) < 4.78 is 0. The first-order chi connectivity index (χ1) is 14.7. The lowest BCUT2D eigenvalue weighted by atomic mass is 10.1. The Morgan fingerprint density at radius 1 is 0.933 bits per heavy atom. The normalized spacial score (nSPS) is 13.8. The number of benzene rings is 1. The van der Waals surface area contributed by atoms with Crippen molar-refractivity contribution < 1.29 is 0 Å². The van der Waals surface area contributed by atoms with Gasteiger partial charge in [-0.25, -0.2) is 9.97 Å². The third-order valence-electron chi connectivity index (χ3n) is 5.28. The quantitative estimate of drug-likeness (QED) is 0.480. The summed E-state index contributed by atoms with van der Waals surface area (Å²) in [6.07, 6.45) is 8.39. The molecule has 148 valence electrons. The second-order valence-electron chi connectivity index (χ2n) is 7.43. The second-order valence-corrected chi connectivity index (χ2v) is 7.87. The number of pyridine rings is 2. The Bertz CT molecular complexity index is 1160. The van der Waals surface area contributed by atoms with Crippen molar-refractivity contribution in [3.05, 3.63) is 95.2 Å². The van der Waals surface area contributed by atoms with Crippen molar-refractivity contribution in [1.82, 2.24) is 24.8 Å². The molecule has 0 saturated heterocycles. The molecule has 30 heavy (non-hydrogen) atoms. The van der Waals surface area contributed by atoms with Crippen LogP contribution >= 0.6 is 11.6 Å². The van der Waals surface area contributed by atoms with E-state index in [2.05, 4.69) is 32.0 Å². The molecule has 4 aromatic rings. The Kier molecular flexibility index (Phi) is 5.22. The lowest BCUT2D eigenvalue weighted by Crippen LogP contribution is -2.31. The minimum atomic E-state index is 0.722. The molecule has 0 radical (unpaired) electrons. The van der Waals surface area contributed by atoms with E-state index in [-0.39, 0.29) is 0 Å². The topological polar surface area (TPSA) is 54.8 Å². The average Bonchev–Trinajstić information content (AvgIpc) is 2.80. The fraction of sp³-hybridized carbons (Fsp3) is 0.167. The number of halogens is 1. The van der Waals surface area contributed by atoms with Gasteiger partial charge < -0.3 is 0 Å². The molecule has 0 atom stereocenters. The maximum absolute atomic E-state index is 6.09. The largest absolute Gasteiger partial charge is 0.294 e. The summed E-state index contributed by atoms with van der Waals surface area (Å²) in [5.41, 5.74) is 6.43. The summed E-state index contributed by atoms with van der Waals surface area (Å²) >= 11 is 6.09. The molecule has 1 aliphatic heterocycles. The Balaban J connectivity index is 1.27. The Morgan fingerprint density at radius 2 is 1.87 bits per heavy atom. The van der Waals surface area contributed by atoms with Crippen LogP contribution in [0.15, 0.2) is 73.3 Å². The maximum atomic E-state index is 6.09. The summed E-state index contributed by atoms with van der Waals surface area (Å²) in [5, 5.41) is 0.722. The molecule has 3 aromatic heterocycles. The van der Waals surface area contributed by atoms with Gasteiger partial charge in [-0.15, -0.1) is 0 Å². The zero-order chi connectivity index (χ0) is 20.3. The predicted octanol–water partition coefficient (Wildman–Crippen LogP) is 4.81. The van der Waals surface area contributed by atoms with Crippen LogP contribution in [0.2, 0.25) is 5.02 Å². The summed E-state index contributed by atoms with van der Waals surface area (Å²) in [6.45, 7) is 2.66. The molecule has 5 nitrogen and oxygen atoms in total. The first-order valence-electron chi connectivity index (χ1n) is 9.93. The number of aromatic nitrogens is 4. The molecule has 0 saturated carbocycles. The molecule has 0 N–H and O–H groups in total. The van der Waals surface area contributed by atoms with E-state index in [1.807, 2.05) is 48.8 Å². The van der Waals surface area contributed by atoms with E-state index in [4.69, 9.17) is 16.6 Å². The van der Waals surface area contributed by atoms with Crippen molar-refractivity contribution in [1.29, 1.82) is 0 Å². The number of rotatable bonds is 4. The van der Waals surface area contributed by atoms with Gasteiger partial charge >= 0.3 is 0 Å². The molecule has 0 aliphatic carbocycles. The molecule has 4 heterocycles. The highest BCUT2D eigenvalue weighted by molar-refractivity contribution is 6.30.